The molecule has 1 aliphatic carbocycles. The SMILES string of the molecule is CC1CC(C)CC(CC(=O)O)(N2CCOCC2)C1. The van der Waals surface area contributed by atoms with E-state index in [2.05, 4.69) is 18.7 Å². The zero-order valence-corrected chi connectivity index (χ0v) is 11.5. The molecule has 1 N–H and O–H groups in total. The highest BCUT2D eigenvalue weighted by Gasteiger charge is 2.44. The first kappa shape index (κ1) is 13.8. The molecule has 1 saturated heterocycles. The molecule has 4 heteroatoms. The Hall–Kier alpha value is -0.610. The maximum absolute atomic E-state index is 11.3. The monoisotopic (exact) mass is 255 g/mol. The first-order valence-corrected chi connectivity index (χ1v) is 7.06. The summed E-state index contributed by atoms with van der Waals surface area (Å²) >= 11 is 0. The quantitative estimate of drug-likeness (QED) is 0.838. The summed E-state index contributed by atoms with van der Waals surface area (Å²) in [6.45, 7) is 7.76. The summed E-state index contributed by atoms with van der Waals surface area (Å²) in [7, 11) is 0. The van der Waals surface area contributed by atoms with E-state index >= 15 is 0 Å². The van der Waals surface area contributed by atoms with Gasteiger partial charge in [0.1, 0.15) is 0 Å². The summed E-state index contributed by atoms with van der Waals surface area (Å²) < 4.78 is 5.41. The number of aliphatic carboxylic acids is 1. The van der Waals surface area contributed by atoms with E-state index in [1.807, 2.05) is 0 Å². The van der Waals surface area contributed by atoms with Gasteiger partial charge >= 0.3 is 5.97 Å². The summed E-state index contributed by atoms with van der Waals surface area (Å²) in [6.07, 6.45) is 3.54. The highest BCUT2D eigenvalue weighted by Crippen LogP contribution is 2.42. The predicted octanol–water partition coefficient (Wildman–Crippen LogP) is 1.99. The number of carboxylic acids is 1. The number of ether oxygens (including phenoxy) is 1. The molecular weight excluding hydrogens is 230 g/mol. The Morgan fingerprint density at radius 1 is 1.28 bits per heavy atom. The second kappa shape index (κ2) is 5.57. The van der Waals surface area contributed by atoms with Crippen molar-refractivity contribution in [3.05, 3.63) is 0 Å². The lowest BCUT2D eigenvalue weighted by Gasteiger charge is -2.50. The van der Waals surface area contributed by atoms with E-state index in [4.69, 9.17) is 4.74 Å². The molecule has 2 aliphatic rings. The minimum absolute atomic E-state index is 0.132. The lowest BCUT2D eigenvalue weighted by atomic mass is 9.69. The van der Waals surface area contributed by atoms with Gasteiger partial charge in [0.2, 0.25) is 0 Å². The van der Waals surface area contributed by atoms with Crippen molar-refractivity contribution in [3.8, 4) is 0 Å². The third-order valence-electron chi connectivity index (χ3n) is 4.42. The van der Waals surface area contributed by atoms with E-state index in [-0.39, 0.29) is 12.0 Å². The molecule has 2 atom stereocenters. The normalized spacial score (nSPS) is 38.6. The second-order valence-corrected chi connectivity index (χ2v) is 6.25. The maximum atomic E-state index is 11.3. The van der Waals surface area contributed by atoms with Gasteiger partial charge in [-0.25, -0.2) is 0 Å². The lowest BCUT2D eigenvalue weighted by molar-refractivity contribution is -0.144. The van der Waals surface area contributed by atoms with Gasteiger partial charge in [0, 0.05) is 18.6 Å². The molecule has 1 saturated carbocycles. The smallest absolute Gasteiger partial charge is 0.305 e. The fraction of sp³-hybridized carbons (Fsp3) is 0.929. The number of hydrogen-bond donors (Lipinski definition) is 1. The van der Waals surface area contributed by atoms with Crippen LogP contribution in [0.5, 0.6) is 0 Å². The Kier molecular flexibility index (Phi) is 4.28. The standard InChI is InChI=1S/C14H25NO3/c1-11-7-12(2)9-14(8-11,10-13(16)17)15-3-5-18-6-4-15/h11-12H,3-10H2,1-2H3,(H,16,17). The number of carboxylic acid groups (broad SMARTS) is 1. The molecule has 0 radical (unpaired) electrons. The molecule has 104 valence electrons. The largest absolute Gasteiger partial charge is 0.481 e. The van der Waals surface area contributed by atoms with Crippen molar-refractivity contribution >= 4 is 5.97 Å². The fourth-order valence-electron chi connectivity index (χ4n) is 4.07. The maximum Gasteiger partial charge on any atom is 0.305 e. The van der Waals surface area contributed by atoms with Gasteiger partial charge in [-0.1, -0.05) is 13.8 Å². The van der Waals surface area contributed by atoms with Crippen LogP contribution in [0.15, 0.2) is 0 Å². The van der Waals surface area contributed by atoms with Gasteiger partial charge in [-0.05, 0) is 31.1 Å². The average Bonchev–Trinajstić information content (AvgIpc) is 2.27. The van der Waals surface area contributed by atoms with E-state index in [0.29, 0.717) is 11.8 Å². The van der Waals surface area contributed by atoms with Crippen molar-refractivity contribution in [2.45, 2.75) is 45.1 Å². The molecule has 0 aromatic rings. The van der Waals surface area contributed by atoms with Gasteiger partial charge in [0.25, 0.3) is 0 Å². The number of morpholine rings is 1. The highest BCUT2D eigenvalue weighted by atomic mass is 16.5. The molecule has 2 fully saturated rings. The topological polar surface area (TPSA) is 49.8 Å². The van der Waals surface area contributed by atoms with Crippen LogP contribution in [0.2, 0.25) is 0 Å². The summed E-state index contributed by atoms with van der Waals surface area (Å²) in [5.74, 6) is 0.578. The molecule has 4 nitrogen and oxygen atoms in total. The van der Waals surface area contributed by atoms with Crippen molar-refractivity contribution in [2.24, 2.45) is 11.8 Å². The highest BCUT2D eigenvalue weighted by molar-refractivity contribution is 5.68. The molecule has 2 rings (SSSR count). The molecule has 0 amide bonds. The number of carbonyl (C=O) groups is 1. The van der Waals surface area contributed by atoms with Gasteiger partial charge in [0.15, 0.2) is 0 Å². The van der Waals surface area contributed by atoms with Gasteiger partial charge in [-0.3, -0.25) is 9.69 Å². The van der Waals surface area contributed by atoms with Crippen LogP contribution in [0.3, 0.4) is 0 Å². The van der Waals surface area contributed by atoms with Crippen LogP contribution >= 0.6 is 0 Å². The lowest BCUT2D eigenvalue weighted by Crippen LogP contribution is -2.57. The first-order chi connectivity index (χ1) is 8.52. The van der Waals surface area contributed by atoms with Crippen molar-refractivity contribution < 1.29 is 14.6 Å². The predicted molar refractivity (Wildman–Crippen MR) is 69.6 cm³/mol. The number of rotatable bonds is 3. The van der Waals surface area contributed by atoms with Crippen LogP contribution in [0.4, 0.5) is 0 Å². The van der Waals surface area contributed by atoms with E-state index in [9.17, 15) is 9.90 Å². The van der Waals surface area contributed by atoms with E-state index in [1.54, 1.807) is 0 Å². The molecule has 1 heterocycles. The first-order valence-electron chi connectivity index (χ1n) is 7.06. The molecule has 0 aromatic carbocycles. The molecule has 0 bridgehead atoms. The molecule has 0 aromatic heterocycles. The van der Waals surface area contributed by atoms with E-state index < -0.39 is 5.97 Å². The van der Waals surface area contributed by atoms with Crippen LogP contribution in [0.25, 0.3) is 0 Å². The summed E-state index contributed by atoms with van der Waals surface area (Å²) in [6, 6.07) is 0. The Labute approximate surface area is 109 Å². The summed E-state index contributed by atoms with van der Waals surface area (Å²) in [5, 5.41) is 9.28. The van der Waals surface area contributed by atoms with Crippen molar-refractivity contribution in [1.82, 2.24) is 4.90 Å². The van der Waals surface area contributed by atoms with Crippen LogP contribution in [0, 0.1) is 11.8 Å². The van der Waals surface area contributed by atoms with Gasteiger partial charge in [0.05, 0.1) is 19.6 Å². The summed E-state index contributed by atoms with van der Waals surface area (Å²) in [5.41, 5.74) is -0.132. The Balaban J connectivity index is 2.17. The molecule has 1 aliphatic heterocycles. The van der Waals surface area contributed by atoms with Gasteiger partial charge in [-0.2, -0.15) is 0 Å². The Morgan fingerprint density at radius 3 is 2.33 bits per heavy atom. The molecule has 2 unspecified atom stereocenters. The van der Waals surface area contributed by atoms with Crippen LogP contribution in [-0.2, 0) is 9.53 Å². The number of nitrogens with zero attached hydrogens (tertiary/aromatic N) is 1. The Morgan fingerprint density at radius 2 is 1.83 bits per heavy atom. The second-order valence-electron chi connectivity index (χ2n) is 6.25. The van der Waals surface area contributed by atoms with Crippen molar-refractivity contribution in [3.63, 3.8) is 0 Å². The minimum Gasteiger partial charge on any atom is -0.481 e. The minimum atomic E-state index is -0.664. The van der Waals surface area contributed by atoms with Crippen molar-refractivity contribution in [1.29, 1.82) is 0 Å². The molecule has 18 heavy (non-hydrogen) atoms. The van der Waals surface area contributed by atoms with Crippen LogP contribution in [-0.4, -0.2) is 47.8 Å². The number of hydrogen-bond acceptors (Lipinski definition) is 3. The zero-order valence-electron chi connectivity index (χ0n) is 11.5. The summed E-state index contributed by atoms with van der Waals surface area (Å²) in [4.78, 5) is 13.7. The third-order valence-corrected chi connectivity index (χ3v) is 4.42. The third kappa shape index (κ3) is 3.04. The average molecular weight is 255 g/mol. The molecular formula is C14H25NO3. The fourth-order valence-corrected chi connectivity index (χ4v) is 4.07. The van der Waals surface area contributed by atoms with E-state index in [1.165, 1.54) is 6.42 Å². The zero-order chi connectivity index (χ0) is 13.2. The molecule has 0 spiro atoms. The van der Waals surface area contributed by atoms with Crippen LogP contribution in [0.1, 0.15) is 39.5 Å². The van der Waals surface area contributed by atoms with Crippen LogP contribution < -0.4 is 0 Å². The van der Waals surface area contributed by atoms with Crippen molar-refractivity contribution in [2.75, 3.05) is 26.3 Å². The van der Waals surface area contributed by atoms with Gasteiger partial charge in [-0.15, -0.1) is 0 Å². The van der Waals surface area contributed by atoms with Gasteiger partial charge < -0.3 is 9.84 Å². The van der Waals surface area contributed by atoms with E-state index in [0.717, 1.165) is 39.1 Å². The Bertz CT molecular complexity index is 289.